The van der Waals surface area contributed by atoms with Gasteiger partial charge in [-0.05, 0) is 48.2 Å². The quantitative estimate of drug-likeness (QED) is 0.650. The van der Waals surface area contributed by atoms with E-state index < -0.39 is 35.7 Å². The number of amides is 2. The Balaban J connectivity index is 2.19. The average molecular weight is 414 g/mol. The second-order valence-corrected chi connectivity index (χ2v) is 7.29. The van der Waals surface area contributed by atoms with Crippen molar-refractivity contribution >= 4 is 17.8 Å². The predicted molar refractivity (Wildman–Crippen MR) is 111 cm³/mol. The summed E-state index contributed by atoms with van der Waals surface area (Å²) >= 11 is 0. The summed E-state index contributed by atoms with van der Waals surface area (Å²) < 4.78 is 18.3. The highest BCUT2D eigenvalue weighted by Gasteiger charge is 2.27. The number of rotatable bonds is 8. The molecule has 2 aromatic carbocycles. The van der Waals surface area contributed by atoms with Gasteiger partial charge in [0.05, 0.1) is 7.11 Å². The number of esters is 1. The summed E-state index contributed by atoms with van der Waals surface area (Å²) in [6.07, 6.45) is 0.326. The van der Waals surface area contributed by atoms with Gasteiger partial charge in [0.2, 0.25) is 11.8 Å². The third-order valence-electron chi connectivity index (χ3n) is 4.84. The van der Waals surface area contributed by atoms with Gasteiger partial charge in [0.1, 0.15) is 17.9 Å². The van der Waals surface area contributed by atoms with Crippen molar-refractivity contribution in [2.75, 3.05) is 7.11 Å². The van der Waals surface area contributed by atoms with Crippen LogP contribution >= 0.6 is 0 Å². The molecule has 2 rings (SSSR count). The van der Waals surface area contributed by atoms with E-state index >= 15 is 0 Å². The van der Waals surface area contributed by atoms with E-state index in [1.165, 1.54) is 32.2 Å². The Labute approximate surface area is 175 Å². The van der Waals surface area contributed by atoms with Gasteiger partial charge in [-0.3, -0.25) is 9.59 Å². The number of hydrogen-bond donors (Lipinski definition) is 2. The normalized spacial score (nSPS) is 12.6. The minimum Gasteiger partial charge on any atom is -0.467 e. The van der Waals surface area contributed by atoms with Crippen molar-refractivity contribution < 1.29 is 23.5 Å². The fraction of sp³-hybridized carbons (Fsp3) is 0.348. The molecule has 0 fully saturated rings. The molecule has 0 saturated heterocycles. The summed E-state index contributed by atoms with van der Waals surface area (Å²) in [6, 6.07) is 9.71. The standard InChI is InChI=1S/C23H27FN2O4/c1-14-8-9-18(10-15(14)2)13-21(23(29)30-4)26-22(28)20(25-16(3)27)12-17-6-5-7-19(24)11-17/h5-11,20-21H,12-13H2,1-4H3,(H,25,27)(H,26,28)/t20-,21+/m0/s1. The van der Waals surface area contributed by atoms with Gasteiger partial charge in [0, 0.05) is 19.8 Å². The topological polar surface area (TPSA) is 84.5 Å². The minimum atomic E-state index is -0.962. The Morgan fingerprint density at radius 3 is 2.20 bits per heavy atom. The Kier molecular flexibility index (Phi) is 8.09. The number of halogens is 1. The van der Waals surface area contributed by atoms with E-state index in [0.717, 1.165) is 16.7 Å². The van der Waals surface area contributed by atoms with Crippen molar-refractivity contribution in [1.82, 2.24) is 10.6 Å². The van der Waals surface area contributed by atoms with Crippen LogP contribution in [0.3, 0.4) is 0 Å². The van der Waals surface area contributed by atoms with Crippen molar-refractivity contribution in [2.24, 2.45) is 0 Å². The zero-order valence-corrected chi connectivity index (χ0v) is 17.6. The molecule has 30 heavy (non-hydrogen) atoms. The smallest absolute Gasteiger partial charge is 0.328 e. The molecule has 7 heteroatoms. The van der Waals surface area contributed by atoms with Gasteiger partial charge in [-0.15, -0.1) is 0 Å². The van der Waals surface area contributed by atoms with Gasteiger partial charge in [-0.2, -0.15) is 0 Å². The van der Waals surface area contributed by atoms with Crippen LogP contribution in [0.25, 0.3) is 0 Å². The molecule has 0 bridgehead atoms. The third kappa shape index (κ3) is 6.69. The first-order chi connectivity index (χ1) is 14.2. The molecule has 2 amide bonds. The SMILES string of the molecule is COC(=O)[C@@H](Cc1ccc(C)c(C)c1)NC(=O)[C@H](Cc1cccc(F)c1)NC(C)=O. The molecule has 0 aliphatic heterocycles. The highest BCUT2D eigenvalue weighted by atomic mass is 19.1. The molecule has 160 valence electrons. The molecule has 0 unspecified atom stereocenters. The largest absolute Gasteiger partial charge is 0.467 e. The van der Waals surface area contributed by atoms with Crippen molar-refractivity contribution in [3.05, 3.63) is 70.5 Å². The van der Waals surface area contributed by atoms with Crippen LogP contribution in [0.5, 0.6) is 0 Å². The summed E-state index contributed by atoms with van der Waals surface area (Å²) in [4.78, 5) is 36.8. The van der Waals surface area contributed by atoms with Crippen LogP contribution in [0, 0.1) is 19.7 Å². The summed E-state index contributed by atoms with van der Waals surface area (Å²) in [7, 11) is 1.25. The molecule has 6 nitrogen and oxygen atoms in total. The van der Waals surface area contributed by atoms with Crippen molar-refractivity contribution in [1.29, 1.82) is 0 Å². The summed E-state index contributed by atoms with van der Waals surface area (Å²) in [5.41, 5.74) is 3.62. The summed E-state index contributed by atoms with van der Waals surface area (Å²) in [5.74, 6) is -1.98. The Morgan fingerprint density at radius 2 is 1.60 bits per heavy atom. The van der Waals surface area contributed by atoms with Crippen LogP contribution in [-0.2, 0) is 32.0 Å². The van der Waals surface area contributed by atoms with Gasteiger partial charge in [-0.25, -0.2) is 9.18 Å². The van der Waals surface area contributed by atoms with Crippen molar-refractivity contribution in [2.45, 2.75) is 45.7 Å². The van der Waals surface area contributed by atoms with Crippen LogP contribution in [0.2, 0.25) is 0 Å². The second kappa shape index (κ2) is 10.5. The number of aryl methyl sites for hydroxylation is 2. The van der Waals surface area contributed by atoms with Gasteiger partial charge in [0.15, 0.2) is 0 Å². The van der Waals surface area contributed by atoms with Crippen LogP contribution in [0.1, 0.15) is 29.2 Å². The molecular formula is C23H27FN2O4. The van der Waals surface area contributed by atoms with E-state index in [1.54, 1.807) is 6.07 Å². The molecule has 0 radical (unpaired) electrons. The Hall–Kier alpha value is -3.22. The molecule has 0 saturated carbocycles. The molecular weight excluding hydrogens is 387 g/mol. The second-order valence-electron chi connectivity index (χ2n) is 7.29. The van der Waals surface area contributed by atoms with Crippen molar-refractivity contribution in [3.63, 3.8) is 0 Å². The van der Waals surface area contributed by atoms with Crippen LogP contribution in [0.4, 0.5) is 4.39 Å². The van der Waals surface area contributed by atoms with Gasteiger partial charge in [-0.1, -0.05) is 30.3 Å². The van der Waals surface area contributed by atoms with E-state index in [4.69, 9.17) is 4.74 Å². The van der Waals surface area contributed by atoms with E-state index in [1.807, 2.05) is 32.0 Å². The van der Waals surface area contributed by atoms with E-state index in [0.29, 0.717) is 5.56 Å². The highest BCUT2D eigenvalue weighted by Crippen LogP contribution is 2.13. The lowest BCUT2D eigenvalue weighted by Gasteiger charge is -2.22. The van der Waals surface area contributed by atoms with Crippen molar-refractivity contribution in [3.8, 4) is 0 Å². The molecule has 2 atom stereocenters. The zero-order valence-electron chi connectivity index (χ0n) is 17.6. The molecule has 0 aliphatic carbocycles. The van der Waals surface area contributed by atoms with E-state index in [-0.39, 0.29) is 12.8 Å². The lowest BCUT2D eigenvalue weighted by Crippen LogP contribution is -2.53. The fourth-order valence-corrected chi connectivity index (χ4v) is 3.13. The highest BCUT2D eigenvalue weighted by molar-refractivity contribution is 5.90. The third-order valence-corrected chi connectivity index (χ3v) is 4.84. The fourth-order valence-electron chi connectivity index (χ4n) is 3.13. The summed E-state index contributed by atoms with van der Waals surface area (Å²) in [6.45, 7) is 5.25. The molecule has 0 heterocycles. The lowest BCUT2D eigenvalue weighted by molar-refractivity contribution is -0.145. The number of nitrogens with one attached hydrogen (secondary N) is 2. The molecule has 2 aromatic rings. The Bertz CT molecular complexity index is 929. The Morgan fingerprint density at radius 1 is 0.933 bits per heavy atom. The van der Waals surface area contributed by atoms with Crippen LogP contribution in [0.15, 0.2) is 42.5 Å². The lowest BCUT2D eigenvalue weighted by atomic mass is 10.00. The number of hydrogen-bond acceptors (Lipinski definition) is 4. The number of ether oxygens (including phenoxy) is 1. The van der Waals surface area contributed by atoms with Gasteiger partial charge >= 0.3 is 5.97 Å². The summed E-state index contributed by atoms with van der Waals surface area (Å²) in [5, 5.41) is 5.23. The number of carbonyl (C=O) groups is 3. The molecule has 0 aliphatic rings. The van der Waals surface area contributed by atoms with E-state index in [2.05, 4.69) is 10.6 Å². The maximum atomic E-state index is 13.5. The maximum Gasteiger partial charge on any atom is 0.328 e. The first-order valence-electron chi connectivity index (χ1n) is 9.65. The minimum absolute atomic E-state index is 0.0840. The average Bonchev–Trinajstić information content (AvgIpc) is 2.68. The van der Waals surface area contributed by atoms with Crippen LogP contribution in [-0.4, -0.2) is 37.0 Å². The molecule has 0 spiro atoms. The zero-order chi connectivity index (χ0) is 22.3. The molecule has 2 N–H and O–H groups in total. The number of methoxy groups -OCH3 is 1. The molecule has 0 aromatic heterocycles. The first kappa shape index (κ1) is 23.1. The van der Waals surface area contributed by atoms with Gasteiger partial charge in [0.25, 0.3) is 0 Å². The first-order valence-corrected chi connectivity index (χ1v) is 9.65. The maximum absolute atomic E-state index is 13.5. The monoisotopic (exact) mass is 414 g/mol. The van der Waals surface area contributed by atoms with Gasteiger partial charge < -0.3 is 15.4 Å². The number of benzene rings is 2. The predicted octanol–water partition coefficient (Wildman–Crippen LogP) is 2.39. The van der Waals surface area contributed by atoms with Crippen LogP contribution < -0.4 is 10.6 Å². The van der Waals surface area contributed by atoms with E-state index in [9.17, 15) is 18.8 Å². The number of carbonyl (C=O) groups excluding carboxylic acids is 3.